The van der Waals surface area contributed by atoms with Gasteiger partial charge in [0, 0.05) is 18.9 Å². The van der Waals surface area contributed by atoms with E-state index in [9.17, 15) is 14.7 Å². The first-order valence-electron chi connectivity index (χ1n) is 6.02. The number of rotatable bonds is 3. The number of hydrogen-bond donors (Lipinski definition) is 1. The molecule has 0 aliphatic carbocycles. The average Bonchev–Trinajstić information content (AvgIpc) is 2.24. The Hall–Kier alpha value is -1.84. The predicted molar refractivity (Wildman–Crippen MR) is 66.1 cm³/mol. The van der Waals surface area contributed by atoms with Gasteiger partial charge in [-0.25, -0.2) is 0 Å². The Morgan fingerprint density at radius 2 is 2.22 bits per heavy atom. The first-order valence-corrected chi connectivity index (χ1v) is 6.02. The number of phenols is 1. The molecule has 0 amide bonds. The SMILES string of the molecule is CC(=O)CCc1cc(O)cc2c1C(=O)CC(C)O2. The van der Waals surface area contributed by atoms with E-state index < -0.39 is 0 Å². The van der Waals surface area contributed by atoms with Crippen molar-refractivity contribution in [2.75, 3.05) is 0 Å². The van der Waals surface area contributed by atoms with Crippen LogP contribution in [-0.4, -0.2) is 22.8 Å². The lowest BCUT2D eigenvalue weighted by Crippen LogP contribution is -2.25. The molecule has 1 aliphatic rings. The number of Topliss-reactive ketones (excluding diaryl/α,β-unsaturated/α-hetero) is 2. The first-order chi connectivity index (χ1) is 8.47. The molecule has 0 aromatic heterocycles. The van der Waals surface area contributed by atoms with Gasteiger partial charge in [0.1, 0.15) is 23.4 Å². The van der Waals surface area contributed by atoms with E-state index in [2.05, 4.69) is 0 Å². The van der Waals surface area contributed by atoms with Crippen LogP contribution in [0.25, 0.3) is 0 Å². The molecular weight excluding hydrogens is 232 g/mol. The molecule has 0 saturated heterocycles. The molecule has 2 rings (SSSR count). The van der Waals surface area contributed by atoms with Gasteiger partial charge in [0.05, 0.1) is 5.56 Å². The van der Waals surface area contributed by atoms with Crippen LogP contribution < -0.4 is 4.74 Å². The minimum absolute atomic E-state index is 0.0160. The zero-order valence-electron chi connectivity index (χ0n) is 10.5. The summed E-state index contributed by atoms with van der Waals surface area (Å²) >= 11 is 0. The second kappa shape index (κ2) is 4.80. The molecule has 0 spiro atoms. The Balaban J connectivity index is 2.40. The third kappa shape index (κ3) is 2.53. The predicted octanol–water partition coefficient (Wildman–Crippen LogP) is 2.27. The van der Waals surface area contributed by atoms with Gasteiger partial charge < -0.3 is 14.6 Å². The molecule has 1 aliphatic heterocycles. The van der Waals surface area contributed by atoms with E-state index in [1.165, 1.54) is 13.0 Å². The first kappa shape index (κ1) is 12.6. The Morgan fingerprint density at radius 1 is 1.50 bits per heavy atom. The molecule has 0 saturated carbocycles. The highest BCUT2D eigenvalue weighted by Crippen LogP contribution is 2.34. The van der Waals surface area contributed by atoms with E-state index in [0.717, 1.165) is 0 Å². The standard InChI is InChI=1S/C14H16O4/c1-8(15)3-4-10-6-11(16)7-13-14(10)12(17)5-9(2)18-13/h6-7,9,16H,3-5H2,1-2H3. The minimum Gasteiger partial charge on any atom is -0.508 e. The topological polar surface area (TPSA) is 63.6 Å². The van der Waals surface area contributed by atoms with Crippen LogP contribution in [0.5, 0.6) is 11.5 Å². The summed E-state index contributed by atoms with van der Waals surface area (Å²) in [5, 5.41) is 9.63. The maximum atomic E-state index is 12.0. The van der Waals surface area contributed by atoms with Crippen molar-refractivity contribution in [3.63, 3.8) is 0 Å². The number of carbonyl (C=O) groups excluding carboxylic acids is 2. The number of ketones is 2. The van der Waals surface area contributed by atoms with Crippen molar-refractivity contribution < 1.29 is 19.4 Å². The van der Waals surface area contributed by atoms with Crippen LogP contribution >= 0.6 is 0 Å². The lowest BCUT2D eigenvalue weighted by atomic mass is 9.93. The van der Waals surface area contributed by atoms with Crippen LogP contribution in [0, 0.1) is 0 Å². The second-order valence-electron chi connectivity index (χ2n) is 4.74. The number of aryl methyl sites for hydroxylation is 1. The molecule has 1 atom stereocenters. The fraction of sp³-hybridized carbons (Fsp3) is 0.429. The van der Waals surface area contributed by atoms with E-state index in [1.54, 1.807) is 6.07 Å². The van der Waals surface area contributed by atoms with Crippen molar-refractivity contribution >= 4 is 11.6 Å². The van der Waals surface area contributed by atoms with Gasteiger partial charge in [-0.1, -0.05) is 0 Å². The monoisotopic (exact) mass is 248 g/mol. The third-order valence-corrected chi connectivity index (χ3v) is 2.99. The van der Waals surface area contributed by atoms with Crippen molar-refractivity contribution in [2.24, 2.45) is 0 Å². The molecule has 1 aromatic rings. The number of benzene rings is 1. The quantitative estimate of drug-likeness (QED) is 0.891. The largest absolute Gasteiger partial charge is 0.508 e. The number of phenolic OH excluding ortho intramolecular Hbond substituents is 1. The van der Waals surface area contributed by atoms with E-state index in [-0.39, 0.29) is 23.4 Å². The van der Waals surface area contributed by atoms with Gasteiger partial charge in [0.2, 0.25) is 0 Å². The van der Waals surface area contributed by atoms with Gasteiger partial charge in [0.25, 0.3) is 0 Å². The number of ether oxygens (including phenoxy) is 1. The van der Waals surface area contributed by atoms with Crippen molar-refractivity contribution in [2.45, 2.75) is 39.2 Å². The molecule has 18 heavy (non-hydrogen) atoms. The zero-order valence-corrected chi connectivity index (χ0v) is 10.5. The minimum atomic E-state index is -0.174. The summed E-state index contributed by atoms with van der Waals surface area (Å²) in [4.78, 5) is 23.1. The third-order valence-electron chi connectivity index (χ3n) is 2.99. The Morgan fingerprint density at radius 3 is 2.89 bits per heavy atom. The summed E-state index contributed by atoms with van der Waals surface area (Å²) in [6.07, 6.45) is 0.978. The molecule has 0 fully saturated rings. The molecule has 0 bridgehead atoms. The molecule has 1 aromatic carbocycles. The normalized spacial score (nSPS) is 18.1. The average molecular weight is 248 g/mol. The Kier molecular flexibility index (Phi) is 3.36. The number of fused-ring (bicyclic) bond motifs is 1. The molecular formula is C14H16O4. The second-order valence-corrected chi connectivity index (χ2v) is 4.74. The van der Waals surface area contributed by atoms with Gasteiger partial charge in [-0.05, 0) is 31.9 Å². The summed E-state index contributed by atoms with van der Waals surface area (Å²) in [7, 11) is 0. The van der Waals surface area contributed by atoms with Crippen molar-refractivity contribution in [3.8, 4) is 11.5 Å². The van der Waals surface area contributed by atoms with Gasteiger partial charge in [-0.15, -0.1) is 0 Å². The van der Waals surface area contributed by atoms with Gasteiger partial charge >= 0.3 is 0 Å². The van der Waals surface area contributed by atoms with Crippen molar-refractivity contribution in [1.82, 2.24) is 0 Å². The van der Waals surface area contributed by atoms with Crippen molar-refractivity contribution in [3.05, 3.63) is 23.3 Å². The van der Waals surface area contributed by atoms with Crippen LogP contribution in [0.4, 0.5) is 0 Å². The fourth-order valence-electron chi connectivity index (χ4n) is 2.20. The van der Waals surface area contributed by atoms with Crippen LogP contribution in [0.1, 0.15) is 42.6 Å². The molecule has 1 heterocycles. The molecule has 1 unspecified atom stereocenters. The highest BCUT2D eigenvalue weighted by Gasteiger charge is 2.27. The van der Waals surface area contributed by atoms with Crippen LogP contribution in [0.15, 0.2) is 12.1 Å². The summed E-state index contributed by atoms with van der Waals surface area (Å²) in [5.41, 5.74) is 1.21. The smallest absolute Gasteiger partial charge is 0.170 e. The zero-order chi connectivity index (χ0) is 13.3. The molecule has 0 radical (unpaired) electrons. The lowest BCUT2D eigenvalue weighted by molar-refractivity contribution is -0.116. The maximum Gasteiger partial charge on any atom is 0.170 e. The maximum absolute atomic E-state index is 12.0. The highest BCUT2D eigenvalue weighted by atomic mass is 16.5. The summed E-state index contributed by atoms with van der Waals surface area (Å²) in [5.74, 6) is 0.568. The van der Waals surface area contributed by atoms with Crippen LogP contribution in [0.3, 0.4) is 0 Å². The Labute approximate surface area is 106 Å². The van der Waals surface area contributed by atoms with E-state index >= 15 is 0 Å². The fourth-order valence-corrected chi connectivity index (χ4v) is 2.20. The molecule has 4 heteroatoms. The van der Waals surface area contributed by atoms with Crippen LogP contribution in [0.2, 0.25) is 0 Å². The Bertz CT molecular complexity index is 505. The van der Waals surface area contributed by atoms with Gasteiger partial charge in [-0.2, -0.15) is 0 Å². The number of carbonyl (C=O) groups is 2. The molecule has 4 nitrogen and oxygen atoms in total. The summed E-state index contributed by atoms with van der Waals surface area (Å²) in [6, 6.07) is 3.00. The van der Waals surface area contributed by atoms with E-state index in [0.29, 0.717) is 36.1 Å². The van der Waals surface area contributed by atoms with Crippen molar-refractivity contribution in [1.29, 1.82) is 0 Å². The summed E-state index contributed by atoms with van der Waals surface area (Å²) in [6.45, 7) is 3.33. The number of hydrogen-bond acceptors (Lipinski definition) is 4. The van der Waals surface area contributed by atoms with E-state index in [4.69, 9.17) is 4.74 Å². The van der Waals surface area contributed by atoms with Gasteiger partial charge in [-0.3, -0.25) is 4.79 Å². The summed E-state index contributed by atoms with van der Waals surface area (Å²) < 4.78 is 5.56. The lowest BCUT2D eigenvalue weighted by Gasteiger charge is -2.24. The van der Waals surface area contributed by atoms with E-state index in [1.807, 2.05) is 6.92 Å². The molecule has 96 valence electrons. The van der Waals surface area contributed by atoms with Gasteiger partial charge in [0.15, 0.2) is 5.78 Å². The molecule has 1 N–H and O–H groups in total. The van der Waals surface area contributed by atoms with Crippen LogP contribution in [-0.2, 0) is 11.2 Å². The number of aromatic hydroxyl groups is 1. The highest BCUT2D eigenvalue weighted by molar-refractivity contribution is 6.01.